The Morgan fingerprint density at radius 2 is 1.62 bits per heavy atom. The van der Waals surface area contributed by atoms with Crippen LogP contribution in [-0.2, 0) is 12.7 Å². The first-order valence-electron chi connectivity index (χ1n) is 13.3. The van der Waals surface area contributed by atoms with Crippen LogP contribution in [0.5, 0.6) is 0 Å². The third-order valence-corrected chi connectivity index (χ3v) is 7.26. The minimum absolute atomic E-state index is 0.00949. The molecule has 2 aromatic carbocycles. The van der Waals surface area contributed by atoms with Crippen LogP contribution in [0.2, 0.25) is 0 Å². The number of benzene rings is 2. The topological polar surface area (TPSA) is 135 Å². The van der Waals surface area contributed by atoms with Gasteiger partial charge in [-0.2, -0.15) is 31.4 Å². The van der Waals surface area contributed by atoms with E-state index in [0.717, 1.165) is 6.07 Å². The lowest BCUT2D eigenvalue weighted by atomic mass is 10.0. The molecule has 1 unspecified atom stereocenters. The zero-order chi connectivity index (χ0) is 33.4. The van der Waals surface area contributed by atoms with E-state index >= 15 is 4.39 Å². The summed E-state index contributed by atoms with van der Waals surface area (Å²) >= 11 is 0. The van der Waals surface area contributed by atoms with Crippen molar-refractivity contribution in [3.8, 4) is 11.3 Å². The Bertz CT molecular complexity index is 1600. The Morgan fingerprint density at radius 3 is 2.20 bits per heavy atom. The molecule has 10 nitrogen and oxygen atoms in total. The molecule has 1 aromatic heterocycles. The molecule has 1 aliphatic rings. The predicted molar refractivity (Wildman–Crippen MR) is 148 cm³/mol. The number of carbonyl (C=O) groups excluding carboxylic acids is 2. The first kappa shape index (κ1) is 33.4. The zero-order valence-corrected chi connectivity index (χ0v) is 23.8. The summed E-state index contributed by atoms with van der Waals surface area (Å²) in [6.45, 7) is 3.23. The Labute approximate surface area is 250 Å². The molecule has 0 bridgehead atoms. The molecule has 3 aromatic rings. The number of aromatic nitrogens is 2. The SMILES string of the molecule is CC(n1nc(-c2cc(F)c(NC(=O)Nc3ccc(CN4CCN(C)CC4)c(C(F)(F)F)c3)cc2F)c(C(N)=O)c1N)C(F)(F)F. The van der Waals surface area contributed by atoms with Gasteiger partial charge in [0.25, 0.3) is 5.91 Å². The second kappa shape index (κ2) is 12.5. The maximum absolute atomic E-state index is 15.1. The number of hydrogen-bond acceptors (Lipinski definition) is 6. The molecule has 18 heteroatoms. The second-order valence-corrected chi connectivity index (χ2v) is 10.5. The number of nitrogens with one attached hydrogen (secondary N) is 2. The van der Waals surface area contributed by atoms with E-state index in [9.17, 15) is 40.3 Å². The lowest BCUT2D eigenvalue weighted by Crippen LogP contribution is -2.44. The molecular weight excluding hydrogens is 620 g/mol. The maximum Gasteiger partial charge on any atom is 0.416 e. The van der Waals surface area contributed by atoms with Crippen molar-refractivity contribution in [3.63, 3.8) is 0 Å². The summed E-state index contributed by atoms with van der Waals surface area (Å²) in [5.41, 5.74) is 6.44. The quantitative estimate of drug-likeness (QED) is 0.265. The van der Waals surface area contributed by atoms with Crippen LogP contribution < -0.4 is 22.1 Å². The molecule has 1 saturated heterocycles. The number of anilines is 3. The van der Waals surface area contributed by atoms with Crippen molar-refractivity contribution in [1.29, 1.82) is 0 Å². The molecule has 4 rings (SSSR count). The van der Waals surface area contributed by atoms with Crippen LogP contribution in [0.1, 0.15) is 34.5 Å². The molecule has 1 aliphatic heterocycles. The average molecular weight is 649 g/mol. The maximum atomic E-state index is 15.1. The number of nitrogen functional groups attached to an aromatic ring is 1. The highest BCUT2D eigenvalue weighted by molar-refractivity contribution is 6.04. The number of nitrogens with two attached hydrogens (primary N) is 2. The lowest BCUT2D eigenvalue weighted by Gasteiger charge is -2.33. The van der Waals surface area contributed by atoms with Gasteiger partial charge < -0.3 is 27.0 Å². The number of rotatable bonds is 7. The minimum Gasteiger partial charge on any atom is -0.383 e. The average Bonchev–Trinajstić information content (AvgIpc) is 3.27. The van der Waals surface area contributed by atoms with Gasteiger partial charge in [0.05, 0.1) is 11.3 Å². The van der Waals surface area contributed by atoms with E-state index in [0.29, 0.717) is 45.2 Å². The molecule has 0 saturated carbocycles. The minimum atomic E-state index is -4.87. The number of urea groups is 1. The molecule has 3 amide bonds. The summed E-state index contributed by atoms with van der Waals surface area (Å²) in [5, 5.41) is 7.66. The van der Waals surface area contributed by atoms with Crippen molar-refractivity contribution < 1.29 is 44.7 Å². The van der Waals surface area contributed by atoms with Gasteiger partial charge in [-0.25, -0.2) is 18.3 Å². The van der Waals surface area contributed by atoms with Gasteiger partial charge >= 0.3 is 18.4 Å². The van der Waals surface area contributed by atoms with Crippen molar-refractivity contribution in [1.82, 2.24) is 19.6 Å². The smallest absolute Gasteiger partial charge is 0.383 e. The summed E-state index contributed by atoms with van der Waals surface area (Å²) in [7, 11) is 1.91. The number of amides is 3. The number of carbonyl (C=O) groups is 2. The zero-order valence-electron chi connectivity index (χ0n) is 23.8. The summed E-state index contributed by atoms with van der Waals surface area (Å²) in [4.78, 5) is 28.4. The van der Waals surface area contributed by atoms with Crippen molar-refractivity contribution >= 4 is 29.1 Å². The number of halogens is 8. The van der Waals surface area contributed by atoms with Gasteiger partial charge in [-0.1, -0.05) is 6.07 Å². The van der Waals surface area contributed by atoms with Gasteiger partial charge in [-0.3, -0.25) is 9.69 Å². The number of nitrogens with zero attached hydrogens (tertiary/aromatic N) is 4. The summed E-state index contributed by atoms with van der Waals surface area (Å²) in [6, 6.07) is 0.459. The van der Waals surface area contributed by atoms with Crippen LogP contribution in [0.3, 0.4) is 0 Å². The van der Waals surface area contributed by atoms with Gasteiger partial charge in [-0.15, -0.1) is 0 Å². The van der Waals surface area contributed by atoms with E-state index in [1.54, 1.807) is 0 Å². The fraction of sp³-hybridized carbons (Fsp3) is 0.370. The molecule has 2 heterocycles. The summed E-state index contributed by atoms with van der Waals surface area (Å²) in [5.74, 6) is -4.87. The number of alkyl halides is 6. The van der Waals surface area contributed by atoms with E-state index in [1.807, 2.05) is 17.3 Å². The first-order valence-corrected chi connectivity index (χ1v) is 13.3. The number of piperazine rings is 1. The molecule has 0 spiro atoms. The summed E-state index contributed by atoms with van der Waals surface area (Å²) < 4.78 is 112. The van der Waals surface area contributed by atoms with Crippen LogP contribution in [0.25, 0.3) is 11.3 Å². The van der Waals surface area contributed by atoms with Crippen LogP contribution in [-0.4, -0.2) is 70.9 Å². The lowest BCUT2D eigenvalue weighted by molar-refractivity contribution is -0.164. The molecule has 45 heavy (non-hydrogen) atoms. The van der Waals surface area contributed by atoms with Gasteiger partial charge in [0.15, 0.2) is 0 Å². The standard InChI is InChI=1S/C27H28F8N8O2/c1-13(26(30,31)32)43-23(36)21(24(37)44)22(40-43)16-10-19(29)20(11-18(16)28)39-25(45)38-15-4-3-14(17(9-15)27(33,34)35)12-42-7-5-41(2)6-8-42/h3-4,9-11,13H,5-8,12,36H2,1-2H3,(H2,37,44)(H2,38,39,45). The van der Waals surface area contributed by atoms with E-state index in [4.69, 9.17) is 11.5 Å². The molecule has 6 N–H and O–H groups in total. The highest BCUT2D eigenvalue weighted by Gasteiger charge is 2.41. The van der Waals surface area contributed by atoms with Gasteiger partial charge in [-0.05, 0) is 37.7 Å². The highest BCUT2D eigenvalue weighted by Crippen LogP contribution is 2.38. The number of hydrogen-bond donors (Lipinski definition) is 4. The normalized spacial score (nSPS) is 15.6. The third kappa shape index (κ3) is 7.44. The fourth-order valence-corrected chi connectivity index (χ4v) is 4.72. The molecule has 1 atom stereocenters. The largest absolute Gasteiger partial charge is 0.416 e. The molecule has 244 valence electrons. The number of primary amides is 1. The number of likely N-dealkylation sites (N-methyl/N-ethyl adjacent to an activating group) is 1. The van der Waals surface area contributed by atoms with Crippen LogP contribution in [0.15, 0.2) is 30.3 Å². The van der Waals surface area contributed by atoms with E-state index < -0.39 is 75.9 Å². The van der Waals surface area contributed by atoms with Crippen molar-refractivity contribution in [2.24, 2.45) is 5.73 Å². The van der Waals surface area contributed by atoms with E-state index in [-0.39, 0.29) is 22.5 Å². The molecular formula is C27H28F8N8O2. The van der Waals surface area contributed by atoms with Crippen LogP contribution in [0.4, 0.5) is 57.1 Å². The van der Waals surface area contributed by atoms with Crippen LogP contribution in [0, 0.1) is 11.6 Å². The van der Waals surface area contributed by atoms with Crippen molar-refractivity contribution in [3.05, 3.63) is 58.7 Å². The monoisotopic (exact) mass is 648 g/mol. The highest BCUT2D eigenvalue weighted by atomic mass is 19.4. The van der Waals surface area contributed by atoms with Crippen molar-refractivity contribution in [2.75, 3.05) is 49.6 Å². The van der Waals surface area contributed by atoms with Gasteiger partial charge in [0.2, 0.25) is 0 Å². The fourth-order valence-electron chi connectivity index (χ4n) is 4.72. The predicted octanol–water partition coefficient (Wildman–Crippen LogP) is 5.04. The third-order valence-electron chi connectivity index (χ3n) is 7.26. The Hall–Kier alpha value is -4.45. The molecule has 0 aliphatic carbocycles. The van der Waals surface area contributed by atoms with E-state index in [1.165, 1.54) is 12.1 Å². The van der Waals surface area contributed by atoms with E-state index in [2.05, 4.69) is 15.3 Å². The Balaban J connectivity index is 1.56. The van der Waals surface area contributed by atoms with Crippen molar-refractivity contribution in [2.45, 2.75) is 31.9 Å². The van der Waals surface area contributed by atoms with Gasteiger partial charge in [0, 0.05) is 50.0 Å². The Morgan fingerprint density at radius 1 is 0.978 bits per heavy atom. The Kier molecular flexibility index (Phi) is 9.30. The van der Waals surface area contributed by atoms with Gasteiger partial charge in [0.1, 0.15) is 34.8 Å². The van der Waals surface area contributed by atoms with Crippen LogP contribution >= 0.6 is 0 Å². The second-order valence-electron chi connectivity index (χ2n) is 10.5. The first-order chi connectivity index (χ1) is 20.9. The molecule has 0 radical (unpaired) electrons. The molecule has 1 fully saturated rings. The summed E-state index contributed by atoms with van der Waals surface area (Å²) in [6.07, 6.45) is -9.62.